The summed E-state index contributed by atoms with van der Waals surface area (Å²) in [5, 5.41) is 12.1. The van der Waals surface area contributed by atoms with Crippen molar-refractivity contribution in [2.24, 2.45) is 5.10 Å². The predicted molar refractivity (Wildman–Crippen MR) is 112 cm³/mol. The molecule has 3 rings (SSSR count). The van der Waals surface area contributed by atoms with E-state index in [1.165, 1.54) is 26.0 Å². The van der Waals surface area contributed by atoms with Gasteiger partial charge >= 0.3 is 0 Å². The summed E-state index contributed by atoms with van der Waals surface area (Å²) in [5.74, 6) is 1.43. The van der Waals surface area contributed by atoms with Crippen molar-refractivity contribution in [1.82, 2.24) is 14.9 Å². The van der Waals surface area contributed by atoms with E-state index in [2.05, 4.69) is 26.2 Å². The molecule has 156 valence electrons. The average Bonchev–Trinajstić information content (AvgIpc) is 3.12. The molecule has 1 heterocycles. The lowest BCUT2D eigenvalue weighted by Crippen LogP contribution is -2.25. The number of anilines is 1. The minimum Gasteiger partial charge on any atom is -0.493 e. The van der Waals surface area contributed by atoms with Gasteiger partial charge in [-0.05, 0) is 24.6 Å². The van der Waals surface area contributed by atoms with Crippen LogP contribution in [0.3, 0.4) is 0 Å². The van der Waals surface area contributed by atoms with E-state index < -0.39 is 5.91 Å². The van der Waals surface area contributed by atoms with E-state index in [1.807, 2.05) is 30.3 Å². The fourth-order valence-electron chi connectivity index (χ4n) is 2.65. The molecule has 0 bridgehead atoms. The summed E-state index contributed by atoms with van der Waals surface area (Å²) < 4.78 is 17.3. The van der Waals surface area contributed by atoms with Gasteiger partial charge in [0, 0.05) is 5.56 Å². The lowest BCUT2D eigenvalue weighted by Gasteiger charge is -2.15. The van der Waals surface area contributed by atoms with Crippen LogP contribution < -0.4 is 25.1 Å². The molecule has 0 aliphatic heterocycles. The third-order valence-electron chi connectivity index (χ3n) is 4.14. The first-order chi connectivity index (χ1) is 14.6. The Hall–Kier alpha value is -4.08. The fourth-order valence-corrected chi connectivity index (χ4v) is 2.65. The maximum absolute atomic E-state index is 12.8. The zero-order valence-corrected chi connectivity index (χ0v) is 17.0. The molecule has 10 heteroatoms. The van der Waals surface area contributed by atoms with Gasteiger partial charge in [-0.1, -0.05) is 30.3 Å². The highest BCUT2D eigenvalue weighted by molar-refractivity contribution is 6.01. The fraction of sp³-hybridized carbons (Fsp3) is 0.200. The molecule has 3 aromatic rings. The Morgan fingerprint density at radius 1 is 1.03 bits per heavy atom. The van der Waals surface area contributed by atoms with Crippen LogP contribution in [0.1, 0.15) is 21.7 Å². The Morgan fingerprint density at radius 2 is 1.70 bits per heavy atom. The second kappa shape index (κ2) is 9.41. The van der Waals surface area contributed by atoms with Crippen LogP contribution >= 0.6 is 0 Å². The maximum atomic E-state index is 12.8. The number of aromatic nitrogens is 3. The van der Waals surface area contributed by atoms with Gasteiger partial charge in [0.1, 0.15) is 0 Å². The van der Waals surface area contributed by atoms with Gasteiger partial charge in [0.25, 0.3) is 11.9 Å². The number of aryl methyl sites for hydroxylation is 1. The number of benzene rings is 2. The largest absolute Gasteiger partial charge is 0.493 e. The number of hydrazone groups is 1. The van der Waals surface area contributed by atoms with Crippen molar-refractivity contribution < 1.29 is 19.0 Å². The summed E-state index contributed by atoms with van der Waals surface area (Å²) in [6.45, 7) is 1.70. The molecular weight excluding hydrogens is 388 g/mol. The summed E-state index contributed by atoms with van der Waals surface area (Å²) in [7, 11) is 4.46. The van der Waals surface area contributed by atoms with Crippen molar-refractivity contribution >= 4 is 18.1 Å². The molecule has 10 nitrogen and oxygen atoms in total. The van der Waals surface area contributed by atoms with E-state index >= 15 is 0 Å². The van der Waals surface area contributed by atoms with Gasteiger partial charge in [-0.25, -0.2) is 10.1 Å². The standard InChI is InChI=1S/C20H22N6O4/c1-13-22-24-20(23-21-12-14-8-6-5-7-9-14)26(13)25-19(27)15-10-16(28-2)18(30-4)17(11-15)29-3/h5-12H,1-4H3,(H,23,24)(H,25,27). The summed E-state index contributed by atoms with van der Waals surface area (Å²) in [5.41, 5.74) is 6.72. The molecule has 0 aliphatic carbocycles. The second-order valence-electron chi connectivity index (χ2n) is 6.04. The summed E-state index contributed by atoms with van der Waals surface area (Å²) >= 11 is 0. The molecular formula is C20H22N6O4. The van der Waals surface area contributed by atoms with Gasteiger partial charge in [0.2, 0.25) is 5.75 Å². The first-order valence-corrected chi connectivity index (χ1v) is 8.95. The molecule has 0 spiro atoms. The Labute approximate surface area is 173 Å². The van der Waals surface area contributed by atoms with Gasteiger partial charge in [0.15, 0.2) is 17.3 Å². The van der Waals surface area contributed by atoms with Crippen molar-refractivity contribution in [2.45, 2.75) is 6.92 Å². The van der Waals surface area contributed by atoms with Crippen LogP contribution in [0.2, 0.25) is 0 Å². The van der Waals surface area contributed by atoms with Crippen LogP contribution in [0.4, 0.5) is 5.95 Å². The number of carbonyl (C=O) groups is 1. The number of ether oxygens (including phenoxy) is 3. The van der Waals surface area contributed by atoms with Crippen LogP contribution in [-0.2, 0) is 0 Å². The van der Waals surface area contributed by atoms with E-state index in [0.717, 1.165) is 5.56 Å². The van der Waals surface area contributed by atoms with Crippen molar-refractivity contribution in [1.29, 1.82) is 0 Å². The van der Waals surface area contributed by atoms with E-state index in [-0.39, 0.29) is 5.95 Å². The van der Waals surface area contributed by atoms with Gasteiger partial charge in [0.05, 0.1) is 27.5 Å². The zero-order chi connectivity index (χ0) is 21.5. The van der Waals surface area contributed by atoms with Gasteiger partial charge in [-0.15, -0.1) is 10.2 Å². The lowest BCUT2D eigenvalue weighted by atomic mass is 10.1. The van der Waals surface area contributed by atoms with Crippen LogP contribution in [0.5, 0.6) is 17.2 Å². The summed E-state index contributed by atoms with van der Waals surface area (Å²) in [4.78, 5) is 12.8. The van der Waals surface area contributed by atoms with Gasteiger partial charge in [-0.3, -0.25) is 10.2 Å². The molecule has 30 heavy (non-hydrogen) atoms. The summed E-state index contributed by atoms with van der Waals surface area (Å²) in [6, 6.07) is 12.7. The first-order valence-electron chi connectivity index (χ1n) is 8.95. The molecule has 2 aromatic carbocycles. The molecule has 2 N–H and O–H groups in total. The molecule has 0 fully saturated rings. The minimum atomic E-state index is -0.424. The van der Waals surface area contributed by atoms with E-state index in [0.29, 0.717) is 28.6 Å². The number of methoxy groups -OCH3 is 3. The summed E-state index contributed by atoms with van der Waals surface area (Å²) in [6.07, 6.45) is 1.63. The molecule has 0 radical (unpaired) electrons. The van der Waals surface area contributed by atoms with Crippen molar-refractivity contribution in [3.05, 3.63) is 59.4 Å². The quantitative estimate of drug-likeness (QED) is 0.433. The first kappa shape index (κ1) is 20.6. The van der Waals surface area contributed by atoms with Crippen LogP contribution in [-0.4, -0.2) is 48.3 Å². The molecule has 1 aromatic heterocycles. The third kappa shape index (κ3) is 4.49. The van der Waals surface area contributed by atoms with E-state index in [4.69, 9.17) is 14.2 Å². The number of hydrogen-bond donors (Lipinski definition) is 2. The van der Waals surface area contributed by atoms with Crippen molar-refractivity contribution in [3.63, 3.8) is 0 Å². The number of hydrogen-bond acceptors (Lipinski definition) is 8. The molecule has 0 saturated heterocycles. The molecule has 0 aliphatic rings. The monoisotopic (exact) mass is 410 g/mol. The Kier molecular flexibility index (Phi) is 6.48. The Bertz CT molecular complexity index is 1020. The normalized spacial score (nSPS) is 10.7. The number of nitrogens with zero attached hydrogens (tertiary/aromatic N) is 4. The van der Waals surface area contributed by atoms with Crippen LogP contribution in [0.25, 0.3) is 0 Å². The molecule has 0 atom stereocenters. The van der Waals surface area contributed by atoms with Crippen LogP contribution in [0, 0.1) is 6.92 Å². The molecule has 1 amide bonds. The lowest BCUT2D eigenvalue weighted by molar-refractivity contribution is 0.101. The topological polar surface area (TPSA) is 112 Å². The Morgan fingerprint density at radius 3 is 2.30 bits per heavy atom. The Balaban J connectivity index is 1.81. The maximum Gasteiger partial charge on any atom is 0.270 e. The molecule has 0 saturated carbocycles. The minimum absolute atomic E-state index is 0.250. The van der Waals surface area contributed by atoms with Gasteiger partial charge < -0.3 is 14.2 Å². The van der Waals surface area contributed by atoms with Crippen LogP contribution in [0.15, 0.2) is 47.6 Å². The third-order valence-corrected chi connectivity index (χ3v) is 4.14. The van der Waals surface area contributed by atoms with Crippen molar-refractivity contribution in [3.8, 4) is 17.2 Å². The number of amides is 1. The SMILES string of the molecule is COc1cc(C(=O)Nn2c(C)nnc2NN=Cc2ccccc2)cc(OC)c1OC. The van der Waals surface area contributed by atoms with E-state index in [9.17, 15) is 4.79 Å². The number of nitrogens with one attached hydrogen (secondary N) is 2. The number of carbonyl (C=O) groups excluding carboxylic acids is 1. The molecule has 0 unspecified atom stereocenters. The smallest absolute Gasteiger partial charge is 0.270 e. The van der Waals surface area contributed by atoms with Crippen molar-refractivity contribution in [2.75, 3.05) is 32.2 Å². The van der Waals surface area contributed by atoms with Gasteiger partial charge in [-0.2, -0.15) is 5.10 Å². The highest BCUT2D eigenvalue weighted by atomic mass is 16.5. The highest BCUT2D eigenvalue weighted by Crippen LogP contribution is 2.38. The van der Waals surface area contributed by atoms with E-state index in [1.54, 1.807) is 25.3 Å². The second-order valence-corrected chi connectivity index (χ2v) is 6.04. The highest BCUT2D eigenvalue weighted by Gasteiger charge is 2.19. The number of rotatable bonds is 8. The zero-order valence-electron chi connectivity index (χ0n) is 17.0. The average molecular weight is 410 g/mol. The predicted octanol–water partition coefficient (Wildman–Crippen LogP) is 2.44.